The quantitative estimate of drug-likeness (QED) is 0.536. The van der Waals surface area contributed by atoms with Gasteiger partial charge in [-0.15, -0.1) is 0 Å². The van der Waals surface area contributed by atoms with E-state index in [1.54, 1.807) is 24.3 Å². The molecular weight excluding hydrogens is 252 g/mol. The summed E-state index contributed by atoms with van der Waals surface area (Å²) in [7, 11) is 0. The number of hydrogen-bond acceptors (Lipinski definition) is 3. The Morgan fingerprint density at radius 3 is 2.60 bits per heavy atom. The topological polar surface area (TPSA) is 64.3 Å². The van der Waals surface area contributed by atoms with Gasteiger partial charge in [0.1, 0.15) is 6.61 Å². The standard InChI is InChI=1S/C16H26N2O2/c1-3-4-5-6-7-13(2)20-12-16(19)18-15-10-8-14(17)9-11-15/h8-11,13H,3-7,12,17H2,1-2H3,(H,18,19). The molecule has 20 heavy (non-hydrogen) atoms. The lowest BCUT2D eigenvalue weighted by atomic mass is 10.1. The monoisotopic (exact) mass is 278 g/mol. The SMILES string of the molecule is CCCCCCC(C)OCC(=O)Nc1ccc(N)cc1. The van der Waals surface area contributed by atoms with Gasteiger partial charge in [0.05, 0.1) is 6.10 Å². The zero-order chi connectivity index (χ0) is 14.8. The molecule has 1 unspecified atom stereocenters. The summed E-state index contributed by atoms with van der Waals surface area (Å²) < 4.78 is 5.54. The molecule has 1 aromatic rings. The van der Waals surface area contributed by atoms with Crippen molar-refractivity contribution < 1.29 is 9.53 Å². The smallest absolute Gasteiger partial charge is 0.250 e. The first-order chi connectivity index (χ1) is 9.61. The van der Waals surface area contributed by atoms with Crippen molar-refractivity contribution in [3.05, 3.63) is 24.3 Å². The molecule has 0 aliphatic heterocycles. The number of amides is 1. The lowest BCUT2D eigenvalue weighted by molar-refractivity contribution is -0.122. The molecule has 0 bridgehead atoms. The number of carbonyl (C=O) groups is 1. The van der Waals surface area contributed by atoms with E-state index < -0.39 is 0 Å². The average Bonchev–Trinajstić information content (AvgIpc) is 2.44. The van der Waals surface area contributed by atoms with E-state index in [1.165, 1.54) is 19.3 Å². The van der Waals surface area contributed by atoms with Crippen LogP contribution in [-0.2, 0) is 9.53 Å². The fraction of sp³-hybridized carbons (Fsp3) is 0.562. The molecule has 0 aliphatic carbocycles. The molecule has 0 saturated carbocycles. The van der Waals surface area contributed by atoms with Gasteiger partial charge in [-0.1, -0.05) is 32.6 Å². The van der Waals surface area contributed by atoms with Crippen LogP contribution in [0.4, 0.5) is 11.4 Å². The average molecular weight is 278 g/mol. The van der Waals surface area contributed by atoms with Gasteiger partial charge in [0.15, 0.2) is 0 Å². The largest absolute Gasteiger partial charge is 0.399 e. The van der Waals surface area contributed by atoms with Gasteiger partial charge in [0, 0.05) is 11.4 Å². The minimum absolute atomic E-state index is 0.0965. The number of unbranched alkanes of at least 4 members (excludes halogenated alkanes) is 3. The van der Waals surface area contributed by atoms with Gasteiger partial charge in [0.2, 0.25) is 5.91 Å². The van der Waals surface area contributed by atoms with Crippen LogP contribution in [0.25, 0.3) is 0 Å². The summed E-state index contributed by atoms with van der Waals surface area (Å²) in [6.45, 7) is 4.31. The van der Waals surface area contributed by atoms with Gasteiger partial charge in [-0.05, 0) is 37.6 Å². The molecule has 4 heteroatoms. The number of anilines is 2. The molecule has 0 fully saturated rings. The van der Waals surface area contributed by atoms with Crippen LogP contribution in [0.3, 0.4) is 0 Å². The second-order valence-electron chi connectivity index (χ2n) is 5.14. The van der Waals surface area contributed by atoms with Gasteiger partial charge in [-0.25, -0.2) is 0 Å². The van der Waals surface area contributed by atoms with E-state index in [9.17, 15) is 4.79 Å². The van der Waals surface area contributed by atoms with Crippen LogP contribution in [0, 0.1) is 0 Å². The van der Waals surface area contributed by atoms with Crippen molar-refractivity contribution in [2.24, 2.45) is 0 Å². The van der Waals surface area contributed by atoms with E-state index in [1.807, 2.05) is 6.92 Å². The number of rotatable bonds is 9. The molecule has 4 nitrogen and oxygen atoms in total. The fourth-order valence-corrected chi connectivity index (χ4v) is 1.92. The Morgan fingerprint density at radius 1 is 1.25 bits per heavy atom. The highest BCUT2D eigenvalue weighted by Gasteiger charge is 2.07. The van der Waals surface area contributed by atoms with Crippen LogP contribution in [0.2, 0.25) is 0 Å². The number of nitrogens with two attached hydrogens (primary N) is 1. The first-order valence-corrected chi connectivity index (χ1v) is 7.38. The Kier molecular flexibility index (Phi) is 7.73. The first kappa shape index (κ1) is 16.5. The Balaban J connectivity index is 2.17. The van der Waals surface area contributed by atoms with Crippen molar-refractivity contribution >= 4 is 17.3 Å². The molecule has 0 radical (unpaired) electrons. The fourth-order valence-electron chi connectivity index (χ4n) is 1.92. The van der Waals surface area contributed by atoms with Crippen molar-refractivity contribution in [1.82, 2.24) is 0 Å². The van der Waals surface area contributed by atoms with Gasteiger partial charge < -0.3 is 15.8 Å². The van der Waals surface area contributed by atoms with Crippen LogP contribution in [-0.4, -0.2) is 18.6 Å². The van der Waals surface area contributed by atoms with E-state index in [-0.39, 0.29) is 18.6 Å². The van der Waals surface area contributed by atoms with Gasteiger partial charge in [-0.2, -0.15) is 0 Å². The summed E-state index contributed by atoms with van der Waals surface area (Å²) in [5.41, 5.74) is 7.01. The second kappa shape index (κ2) is 9.37. The highest BCUT2D eigenvalue weighted by Crippen LogP contribution is 2.11. The summed E-state index contributed by atoms with van der Waals surface area (Å²) in [6.07, 6.45) is 6.04. The molecule has 0 saturated heterocycles. The number of nitrogens with one attached hydrogen (secondary N) is 1. The van der Waals surface area contributed by atoms with E-state index >= 15 is 0 Å². The van der Waals surface area contributed by atoms with E-state index in [0.717, 1.165) is 18.5 Å². The van der Waals surface area contributed by atoms with Crippen LogP contribution < -0.4 is 11.1 Å². The normalized spacial score (nSPS) is 12.1. The predicted molar refractivity (Wildman–Crippen MR) is 83.7 cm³/mol. The molecular formula is C16H26N2O2. The lowest BCUT2D eigenvalue weighted by Crippen LogP contribution is -2.21. The molecule has 112 valence electrons. The highest BCUT2D eigenvalue weighted by molar-refractivity contribution is 5.91. The Labute approximate surface area is 121 Å². The summed E-state index contributed by atoms with van der Waals surface area (Å²) >= 11 is 0. The third-order valence-corrected chi connectivity index (χ3v) is 3.16. The Bertz CT molecular complexity index is 390. The number of hydrogen-bond donors (Lipinski definition) is 2. The van der Waals surface area contributed by atoms with Gasteiger partial charge >= 0.3 is 0 Å². The molecule has 3 N–H and O–H groups in total. The summed E-state index contributed by atoms with van der Waals surface area (Å²) in [4.78, 5) is 11.7. The number of benzene rings is 1. The lowest BCUT2D eigenvalue weighted by Gasteiger charge is -2.13. The predicted octanol–water partition coefficient (Wildman–Crippen LogP) is 3.58. The highest BCUT2D eigenvalue weighted by atomic mass is 16.5. The maximum Gasteiger partial charge on any atom is 0.250 e. The maximum absolute atomic E-state index is 11.7. The van der Waals surface area contributed by atoms with Crippen molar-refractivity contribution in [2.45, 2.75) is 52.1 Å². The Hall–Kier alpha value is -1.55. The van der Waals surface area contributed by atoms with Crippen molar-refractivity contribution in [3.8, 4) is 0 Å². The van der Waals surface area contributed by atoms with Crippen molar-refractivity contribution in [3.63, 3.8) is 0 Å². The second-order valence-corrected chi connectivity index (χ2v) is 5.14. The van der Waals surface area contributed by atoms with E-state index in [4.69, 9.17) is 10.5 Å². The van der Waals surface area contributed by atoms with Gasteiger partial charge in [0.25, 0.3) is 0 Å². The third-order valence-electron chi connectivity index (χ3n) is 3.16. The van der Waals surface area contributed by atoms with Crippen molar-refractivity contribution in [2.75, 3.05) is 17.7 Å². The van der Waals surface area contributed by atoms with Crippen molar-refractivity contribution in [1.29, 1.82) is 0 Å². The zero-order valence-corrected chi connectivity index (χ0v) is 12.5. The molecule has 1 amide bonds. The molecule has 1 atom stereocenters. The van der Waals surface area contributed by atoms with E-state index in [2.05, 4.69) is 12.2 Å². The summed E-state index contributed by atoms with van der Waals surface area (Å²) in [5, 5.41) is 2.78. The number of ether oxygens (including phenoxy) is 1. The minimum Gasteiger partial charge on any atom is -0.399 e. The number of nitrogen functional groups attached to an aromatic ring is 1. The molecule has 1 rings (SSSR count). The zero-order valence-electron chi connectivity index (χ0n) is 12.5. The first-order valence-electron chi connectivity index (χ1n) is 7.38. The maximum atomic E-state index is 11.7. The molecule has 0 spiro atoms. The van der Waals surface area contributed by atoms with Gasteiger partial charge in [-0.3, -0.25) is 4.79 Å². The Morgan fingerprint density at radius 2 is 1.95 bits per heavy atom. The molecule has 0 aromatic heterocycles. The summed E-state index contributed by atoms with van der Waals surface area (Å²) in [5.74, 6) is -0.129. The van der Waals surface area contributed by atoms with E-state index in [0.29, 0.717) is 5.69 Å². The van der Waals surface area contributed by atoms with Crippen LogP contribution in [0.15, 0.2) is 24.3 Å². The summed E-state index contributed by atoms with van der Waals surface area (Å²) in [6, 6.07) is 7.07. The van der Waals surface area contributed by atoms with Crippen LogP contribution in [0.5, 0.6) is 0 Å². The van der Waals surface area contributed by atoms with Crippen LogP contribution >= 0.6 is 0 Å². The third kappa shape index (κ3) is 7.14. The molecule has 0 aliphatic rings. The molecule has 0 heterocycles. The van der Waals surface area contributed by atoms with Crippen LogP contribution in [0.1, 0.15) is 46.0 Å². The molecule has 1 aromatic carbocycles. The number of carbonyl (C=O) groups excluding carboxylic acids is 1. The minimum atomic E-state index is -0.129.